The molecular weight excluding hydrogens is 208 g/mol. The van der Waals surface area contributed by atoms with Crippen molar-refractivity contribution in [2.45, 2.75) is 13.0 Å². The fourth-order valence-corrected chi connectivity index (χ4v) is 1.54. The number of aromatic nitrogens is 1. The molecule has 1 aromatic heterocycles. The maximum atomic E-state index is 11.5. The molecule has 0 aliphatic carbocycles. The third kappa shape index (κ3) is 1.98. The Hall–Kier alpha value is -2.04. The van der Waals surface area contributed by atoms with Crippen LogP contribution < -0.4 is 10.9 Å². The van der Waals surface area contributed by atoms with Crippen LogP contribution in [0.4, 0.5) is 0 Å². The van der Waals surface area contributed by atoms with Gasteiger partial charge in [-0.25, -0.2) is 0 Å². The summed E-state index contributed by atoms with van der Waals surface area (Å²) in [6.07, 6.45) is 3.36. The third-order valence-electron chi connectivity index (χ3n) is 2.42. The molecule has 84 valence electrons. The van der Waals surface area contributed by atoms with E-state index in [4.69, 9.17) is 4.74 Å². The first kappa shape index (κ1) is 10.5. The minimum Gasteiger partial charge on any atom is -0.493 e. The standard InChI is InChI=1S/C11H12N2O3/c1-12-10(14)5-8-4-9-7(6-16-8)2-3-13-11(9)15/h2-4H,5-6H2,1H3,(H,12,14)(H,13,15). The Morgan fingerprint density at radius 3 is 3.19 bits per heavy atom. The predicted octanol–water partition coefficient (Wildman–Crippen LogP) is 0.382. The highest BCUT2D eigenvalue weighted by atomic mass is 16.5. The van der Waals surface area contributed by atoms with Crippen molar-refractivity contribution in [3.63, 3.8) is 0 Å². The van der Waals surface area contributed by atoms with Crippen LogP contribution in [0.15, 0.2) is 22.8 Å². The predicted molar refractivity (Wildman–Crippen MR) is 58.5 cm³/mol. The molecular formula is C11H12N2O3. The van der Waals surface area contributed by atoms with Gasteiger partial charge < -0.3 is 15.0 Å². The summed E-state index contributed by atoms with van der Waals surface area (Å²) in [7, 11) is 1.56. The summed E-state index contributed by atoms with van der Waals surface area (Å²) in [4.78, 5) is 25.3. The van der Waals surface area contributed by atoms with Crippen molar-refractivity contribution >= 4 is 12.0 Å². The van der Waals surface area contributed by atoms with Crippen molar-refractivity contribution in [3.8, 4) is 0 Å². The van der Waals surface area contributed by atoms with E-state index in [1.54, 1.807) is 25.4 Å². The Labute approximate surface area is 92.1 Å². The molecule has 0 atom stereocenters. The number of aromatic amines is 1. The van der Waals surface area contributed by atoms with Gasteiger partial charge in [-0.2, -0.15) is 0 Å². The molecule has 5 heteroatoms. The first-order valence-electron chi connectivity index (χ1n) is 4.95. The number of carbonyl (C=O) groups excluding carboxylic acids is 1. The number of ether oxygens (including phenoxy) is 1. The zero-order valence-electron chi connectivity index (χ0n) is 8.87. The van der Waals surface area contributed by atoms with E-state index in [1.165, 1.54) is 0 Å². The Balaban J connectivity index is 2.31. The van der Waals surface area contributed by atoms with Crippen LogP contribution in [0.5, 0.6) is 0 Å². The van der Waals surface area contributed by atoms with Crippen LogP contribution in [-0.2, 0) is 16.1 Å². The van der Waals surface area contributed by atoms with Gasteiger partial charge in [-0.1, -0.05) is 0 Å². The first-order chi connectivity index (χ1) is 7.70. The van der Waals surface area contributed by atoms with E-state index in [1.807, 2.05) is 0 Å². The molecule has 0 saturated heterocycles. The van der Waals surface area contributed by atoms with Gasteiger partial charge in [0.1, 0.15) is 12.4 Å². The molecule has 2 heterocycles. The summed E-state index contributed by atoms with van der Waals surface area (Å²) in [5.74, 6) is 0.380. The number of hydrogen-bond acceptors (Lipinski definition) is 3. The lowest BCUT2D eigenvalue weighted by Crippen LogP contribution is -2.21. The number of carbonyl (C=O) groups is 1. The number of fused-ring (bicyclic) bond motifs is 1. The highest BCUT2D eigenvalue weighted by molar-refractivity contribution is 5.79. The summed E-state index contributed by atoms with van der Waals surface area (Å²) in [5, 5.41) is 2.51. The number of nitrogens with one attached hydrogen (secondary N) is 2. The van der Waals surface area contributed by atoms with Crippen molar-refractivity contribution in [1.29, 1.82) is 0 Å². The molecule has 16 heavy (non-hydrogen) atoms. The molecule has 0 radical (unpaired) electrons. The van der Waals surface area contributed by atoms with Gasteiger partial charge in [0.15, 0.2) is 0 Å². The van der Waals surface area contributed by atoms with E-state index < -0.39 is 0 Å². The Bertz CT molecular complexity index is 502. The molecule has 0 aromatic carbocycles. The number of rotatable bonds is 2. The quantitative estimate of drug-likeness (QED) is 0.757. The Morgan fingerprint density at radius 2 is 2.44 bits per heavy atom. The van der Waals surface area contributed by atoms with E-state index in [0.717, 1.165) is 5.56 Å². The van der Waals surface area contributed by atoms with Crippen LogP contribution >= 0.6 is 0 Å². The normalized spacial score (nSPS) is 13.4. The third-order valence-corrected chi connectivity index (χ3v) is 2.42. The second-order valence-electron chi connectivity index (χ2n) is 3.49. The molecule has 2 N–H and O–H groups in total. The molecule has 1 aliphatic heterocycles. The van der Waals surface area contributed by atoms with Crippen LogP contribution in [0.1, 0.15) is 17.5 Å². The minimum absolute atomic E-state index is 0.137. The maximum Gasteiger partial charge on any atom is 0.255 e. The second-order valence-corrected chi connectivity index (χ2v) is 3.49. The fraction of sp³-hybridized carbons (Fsp3) is 0.273. The molecule has 0 bridgehead atoms. The minimum atomic E-state index is -0.157. The van der Waals surface area contributed by atoms with Crippen LogP contribution in [0, 0.1) is 0 Å². The summed E-state index contributed by atoms with van der Waals surface area (Å²) < 4.78 is 5.38. The lowest BCUT2D eigenvalue weighted by atomic mass is 10.1. The highest BCUT2D eigenvalue weighted by Crippen LogP contribution is 2.20. The highest BCUT2D eigenvalue weighted by Gasteiger charge is 2.15. The van der Waals surface area contributed by atoms with Gasteiger partial charge in [0.2, 0.25) is 5.91 Å². The van der Waals surface area contributed by atoms with Gasteiger partial charge in [-0.05, 0) is 12.1 Å². The van der Waals surface area contributed by atoms with Gasteiger partial charge >= 0.3 is 0 Å². The average Bonchev–Trinajstić information content (AvgIpc) is 2.30. The topological polar surface area (TPSA) is 71.2 Å². The number of amides is 1. The van der Waals surface area contributed by atoms with E-state index in [0.29, 0.717) is 17.9 Å². The molecule has 2 rings (SSSR count). The Kier molecular flexibility index (Phi) is 2.76. The molecule has 0 fully saturated rings. The maximum absolute atomic E-state index is 11.5. The molecule has 1 amide bonds. The van der Waals surface area contributed by atoms with Crippen LogP contribution in [0.25, 0.3) is 6.08 Å². The second kappa shape index (κ2) is 4.22. The van der Waals surface area contributed by atoms with Gasteiger partial charge in [-0.15, -0.1) is 0 Å². The largest absolute Gasteiger partial charge is 0.493 e. The molecule has 0 unspecified atom stereocenters. The van der Waals surface area contributed by atoms with E-state index in [9.17, 15) is 9.59 Å². The fourth-order valence-electron chi connectivity index (χ4n) is 1.54. The number of hydrogen-bond donors (Lipinski definition) is 2. The van der Waals surface area contributed by atoms with Gasteiger partial charge in [0, 0.05) is 24.4 Å². The summed E-state index contributed by atoms with van der Waals surface area (Å²) in [6, 6.07) is 1.80. The van der Waals surface area contributed by atoms with Crippen LogP contribution in [0.3, 0.4) is 0 Å². The van der Waals surface area contributed by atoms with Crippen molar-refractivity contribution in [2.75, 3.05) is 7.05 Å². The van der Waals surface area contributed by atoms with E-state index >= 15 is 0 Å². The summed E-state index contributed by atoms with van der Waals surface area (Å²) in [6.45, 7) is 0.335. The zero-order valence-corrected chi connectivity index (χ0v) is 8.87. The van der Waals surface area contributed by atoms with E-state index in [-0.39, 0.29) is 17.9 Å². The Morgan fingerprint density at radius 1 is 1.62 bits per heavy atom. The smallest absolute Gasteiger partial charge is 0.255 e. The van der Waals surface area contributed by atoms with Crippen molar-refractivity contribution < 1.29 is 9.53 Å². The molecule has 0 spiro atoms. The lowest BCUT2D eigenvalue weighted by Gasteiger charge is -2.16. The van der Waals surface area contributed by atoms with Crippen molar-refractivity contribution in [3.05, 3.63) is 39.5 Å². The average molecular weight is 220 g/mol. The lowest BCUT2D eigenvalue weighted by molar-refractivity contribution is -0.120. The summed E-state index contributed by atoms with van der Waals surface area (Å²) in [5.41, 5.74) is 1.26. The monoisotopic (exact) mass is 220 g/mol. The number of pyridine rings is 1. The SMILES string of the molecule is CNC(=O)CC1=Cc2c(cc[nH]c2=O)CO1. The summed E-state index contributed by atoms with van der Waals surface area (Å²) >= 11 is 0. The number of H-pyrrole nitrogens is 1. The molecule has 1 aromatic rings. The van der Waals surface area contributed by atoms with Crippen molar-refractivity contribution in [1.82, 2.24) is 10.3 Å². The molecule has 5 nitrogen and oxygen atoms in total. The molecule has 1 aliphatic rings. The first-order valence-corrected chi connectivity index (χ1v) is 4.95. The van der Waals surface area contributed by atoms with Crippen molar-refractivity contribution in [2.24, 2.45) is 0 Å². The van der Waals surface area contributed by atoms with E-state index in [2.05, 4.69) is 10.3 Å². The van der Waals surface area contributed by atoms with Crippen LogP contribution in [-0.4, -0.2) is 17.9 Å². The molecule has 0 saturated carbocycles. The van der Waals surface area contributed by atoms with Gasteiger partial charge in [0.05, 0.1) is 6.42 Å². The van der Waals surface area contributed by atoms with Gasteiger partial charge in [-0.3, -0.25) is 9.59 Å². The van der Waals surface area contributed by atoms with Crippen LogP contribution in [0.2, 0.25) is 0 Å². The van der Waals surface area contributed by atoms with Gasteiger partial charge in [0.25, 0.3) is 5.56 Å². The zero-order chi connectivity index (χ0) is 11.5.